The van der Waals surface area contributed by atoms with E-state index in [0.29, 0.717) is 12.6 Å². The Morgan fingerprint density at radius 1 is 1.00 bits per heavy atom. The molecule has 0 radical (unpaired) electrons. The monoisotopic (exact) mass is 493 g/mol. The third-order valence-corrected chi connectivity index (χ3v) is 6.80. The Bertz CT molecular complexity index is 1120. The minimum Gasteiger partial charge on any atom is -0.492 e. The predicted octanol–water partition coefficient (Wildman–Crippen LogP) is 5.04. The number of ether oxygens (including phenoxy) is 1. The van der Waals surface area contributed by atoms with Gasteiger partial charge in [-0.3, -0.25) is 4.72 Å². The maximum atomic E-state index is 5.99. The van der Waals surface area contributed by atoms with Crippen LogP contribution in [0.3, 0.4) is 0 Å². The summed E-state index contributed by atoms with van der Waals surface area (Å²) < 4.78 is 9.13. The van der Waals surface area contributed by atoms with E-state index in [0.717, 1.165) is 66.1 Å². The summed E-state index contributed by atoms with van der Waals surface area (Å²) in [7, 11) is 1.91. The summed E-state index contributed by atoms with van der Waals surface area (Å²) in [4.78, 5) is 15.3. The molecular weight excluding hydrogens is 458 g/mol. The molecule has 0 bridgehead atoms. The molecule has 2 aromatic carbocycles. The second-order valence-electron chi connectivity index (χ2n) is 8.31. The van der Waals surface area contributed by atoms with Gasteiger partial charge < -0.3 is 25.2 Å². The quantitative estimate of drug-likeness (QED) is 0.337. The molecule has 1 aliphatic heterocycles. The van der Waals surface area contributed by atoms with Crippen molar-refractivity contribution < 1.29 is 4.74 Å². The molecule has 1 saturated heterocycles. The molecule has 0 amide bonds. The third-order valence-electron chi connectivity index (χ3n) is 6.02. The van der Waals surface area contributed by atoms with Gasteiger partial charge in [-0.05, 0) is 63.7 Å². The lowest BCUT2D eigenvalue weighted by molar-refractivity contribution is 0.271. The Labute approximate surface area is 212 Å². The van der Waals surface area contributed by atoms with Gasteiger partial charge in [0.2, 0.25) is 5.95 Å². The molecule has 1 aliphatic rings. The summed E-state index contributed by atoms with van der Waals surface area (Å²) in [5.74, 6) is 2.08. The Morgan fingerprint density at radius 2 is 1.80 bits per heavy atom. The van der Waals surface area contributed by atoms with Crippen LogP contribution in [0.1, 0.15) is 19.4 Å². The van der Waals surface area contributed by atoms with Crippen LogP contribution in [-0.4, -0.2) is 61.2 Å². The average Bonchev–Trinajstić information content (AvgIpc) is 2.88. The third kappa shape index (κ3) is 6.36. The lowest BCUT2D eigenvalue weighted by Crippen LogP contribution is -2.46. The Balaban J connectivity index is 1.53. The number of anilines is 5. The molecule has 4 rings (SSSR count). The predicted molar refractivity (Wildman–Crippen MR) is 147 cm³/mol. The second-order valence-corrected chi connectivity index (χ2v) is 9.36. The van der Waals surface area contributed by atoms with Gasteiger partial charge >= 0.3 is 0 Å². The van der Waals surface area contributed by atoms with Gasteiger partial charge in [0.25, 0.3) is 0 Å². The maximum absolute atomic E-state index is 5.99. The van der Waals surface area contributed by atoms with E-state index < -0.39 is 0 Å². The van der Waals surface area contributed by atoms with E-state index in [1.807, 2.05) is 45.3 Å². The van der Waals surface area contributed by atoms with Crippen LogP contribution in [0.2, 0.25) is 0 Å². The van der Waals surface area contributed by atoms with Gasteiger partial charge in [0.15, 0.2) is 0 Å². The number of para-hydroxylation sites is 1. The number of hydrogen-bond donors (Lipinski definition) is 3. The standard InChI is InChI=1S/C26H35N7OS/c1-5-32-13-15-33(16-14-32)20-11-12-21(23(17-20)34-6-2)30-26-28-18-19(3)25(31-26)29-22-9-7-8-10-24(22)35-27-4/h7-12,17-18,27H,5-6,13-16H2,1-4H3,(H2,28,29,30,31). The topological polar surface area (TPSA) is 77.6 Å². The van der Waals surface area contributed by atoms with E-state index in [1.54, 1.807) is 11.9 Å². The number of nitrogens with one attached hydrogen (secondary N) is 3. The first-order valence-corrected chi connectivity index (χ1v) is 13.0. The molecule has 2 heterocycles. The minimum absolute atomic E-state index is 0.516. The summed E-state index contributed by atoms with van der Waals surface area (Å²) in [6, 6.07) is 14.5. The highest BCUT2D eigenvalue weighted by atomic mass is 32.2. The van der Waals surface area contributed by atoms with Crippen LogP contribution in [-0.2, 0) is 0 Å². The summed E-state index contributed by atoms with van der Waals surface area (Å²) in [6.07, 6.45) is 1.83. The van der Waals surface area contributed by atoms with Crippen molar-refractivity contribution in [3.8, 4) is 5.75 Å². The zero-order chi connectivity index (χ0) is 24.6. The number of rotatable bonds is 10. The van der Waals surface area contributed by atoms with Gasteiger partial charge in [-0.15, -0.1) is 0 Å². The number of benzene rings is 2. The van der Waals surface area contributed by atoms with Gasteiger partial charge in [-0.2, -0.15) is 4.98 Å². The fourth-order valence-electron chi connectivity index (χ4n) is 4.05. The number of piperazine rings is 1. The van der Waals surface area contributed by atoms with Crippen molar-refractivity contribution in [2.75, 3.05) is 61.9 Å². The first-order valence-electron chi connectivity index (χ1n) is 12.2. The van der Waals surface area contributed by atoms with Crippen molar-refractivity contribution in [1.29, 1.82) is 0 Å². The fraction of sp³-hybridized carbons (Fsp3) is 0.385. The van der Waals surface area contributed by atoms with Crippen molar-refractivity contribution in [3.63, 3.8) is 0 Å². The first-order chi connectivity index (χ1) is 17.1. The van der Waals surface area contributed by atoms with E-state index in [-0.39, 0.29) is 0 Å². The normalized spacial score (nSPS) is 14.1. The first kappa shape index (κ1) is 25.1. The molecule has 0 saturated carbocycles. The van der Waals surface area contributed by atoms with E-state index in [4.69, 9.17) is 9.72 Å². The van der Waals surface area contributed by atoms with Crippen LogP contribution >= 0.6 is 11.9 Å². The van der Waals surface area contributed by atoms with Crippen molar-refractivity contribution in [3.05, 3.63) is 54.2 Å². The highest BCUT2D eigenvalue weighted by molar-refractivity contribution is 7.97. The Kier molecular flexibility index (Phi) is 8.68. The summed E-state index contributed by atoms with van der Waals surface area (Å²) in [6.45, 7) is 12.1. The number of hydrogen-bond acceptors (Lipinski definition) is 9. The smallest absolute Gasteiger partial charge is 0.229 e. The van der Waals surface area contributed by atoms with Gasteiger partial charge in [0.1, 0.15) is 11.6 Å². The molecule has 1 fully saturated rings. The van der Waals surface area contributed by atoms with Gasteiger partial charge in [-0.25, -0.2) is 4.98 Å². The molecule has 186 valence electrons. The van der Waals surface area contributed by atoms with Crippen LogP contribution in [0.4, 0.5) is 28.8 Å². The summed E-state index contributed by atoms with van der Waals surface area (Å²) in [5.41, 5.74) is 3.98. The second kappa shape index (κ2) is 12.1. The van der Waals surface area contributed by atoms with Crippen LogP contribution in [0, 0.1) is 6.92 Å². The molecule has 3 N–H and O–H groups in total. The van der Waals surface area contributed by atoms with E-state index >= 15 is 0 Å². The lowest BCUT2D eigenvalue weighted by Gasteiger charge is -2.35. The zero-order valence-electron chi connectivity index (χ0n) is 21.0. The average molecular weight is 494 g/mol. The summed E-state index contributed by atoms with van der Waals surface area (Å²) >= 11 is 1.56. The fourth-order valence-corrected chi connectivity index (χ4v) is 4.65. The number of likely N-dealkylation sites (N-methyl/N-ethyl adjacent to an activating group) is 1. The van der Waals surface area contributed by atoms with Crippen LogP contribution < -0.4 is 25.0 Å². The molecule has 0 spiro atoms. The Hall–Kier alpha value is -3.01. The molecule has 0 unspecified atom stereocenters. The number of aryl methyl sites for hydroxylation is 1. The van der Waals surface area contributed by atoms with Crippen LogP contribution in [0.15, 0.2) is 53.6 Å². The summed E-state index contributed by atoms with van der Waals surface area (Å²) in [5, 5.41) is 6.82. The minimum atomic E-state index is 0.516. The zero-order valence-corrected chi connectivity index (χ0v) is 21.8. The SMILES string of the molecule is CCOc1cc(N2CCN(CC)CC2)ccc1Nc1ncc(C)c(Nc2ccccc2SNC)n1. The van der Waals surface area contributed by atoms with Crippen molar-refractivity contribution in [1.82, 2.24) is 19.6 Å². The van der Waals surface area contributed by atoms with E-state index in [2.05, 4.69) is 61.3 Å². The van der Waals surface area contributed by atoms with Gasteiger partial charge in [-0.1, -0.05) is 19.1 Å². The van der Waals surface area contributed by atoms with Crippen molar-refractivity contribution in [2.45, 2.75) is 25.7 Å². The maximum Gasteiger partial charge on any atom is 0.229 e. The molecule has 35 heavy (non-hydrogen) atoms. The van der Waals surface area contributed by atoms with E-state index in [9.17, 15) is 0 Å². The molecule has 0 aliphatic carbocycles. The molecular formula is C26H35N7OS. The number of aromatic nitrogens is 2. The van der Waals surface area contributed by atoms with Gasteiger partial charge in [0, 0.05) is 54.6 Å². The van der Waals surface area contributed by atoms with Crippen molar-refractivity contribution in [2.24, 2.45) is 0 Å². The van der Waals surface area contributed by atoms with E-state index in [1.165, 1.54) is 5.69 Å². The molecule has 3 aromatic rings. The van der Waals surface area contributed by atoms with Crippen LogP contribution in [0.25, 0.3) is 0 Å². The number of nitrogens with zero attached hydrogens (tertiary/aromatic N) is 4. The van der Waals surface area contributed by atoms with Gasteiger partial charge in [0.05, 0.1) is 18.0 Å². The molecule has 8 nitrogen and oxygen atoms in total. The highest BCUT2D eigenvalue weighted by Gasteiger charge is 2.18. The molecule has 9 heteroatoms. The molecule has 1 aromatic heterocycles. The highest BCUT2D eigenvalue weighted by Crippen LogP contribution is 2.33. The van der Waals surface area contributed by atoms with Crippen molar-refractivity contribution >= 4 is 40.8 Å². The molecule has 0 atom stereocenters. The van der Waals surface area contributed by atoms with Crippen LogP contribution in [0.5, 0.6) is 5.75 Å². The lowest BCUT2D eigenvalue weighted by atomic mass is 10.2. The Morgan fingerprint density at radius 3 is 2.54 bits per heavy atom. The largest absolute Gasteiger partial charge is 0.492 e.